The summed E-state index contributed by atoms with van der Waals surface area (Å²) in [5.41, 5.74) is 2.43. The normalized spacial score (nSPS) is 15.6. The van der Waals surface area contributed by atoms with E-state index in [0.717, 1.165) is 47.4 Å². The van der Waals surface area contributed by atoms with Crippen LogP contribution in [0.25, 0.3) is 21.7 Å². The molecule has 27 heavy (non-hydrogen) atoms. The van der Waals surface area contributed by atoms with Crippen molar-refractivity contribution in [1.82, 2.24) is 14.9 Å². The molecule has 0 unspecified atom stereocenters. The van der Waals surface area contributed by atoms with E-state index >= 15 is 0 Å². The van der Waals surface area contributed by atoms with E-state index in [1.54, 1.807) is 16.2 Å². The van der Waals surface area contributed by atoms with Crippen LogP contribution in [0.4, 0.5) is 5.69 Å². The Hall–Kier alpha value is -2.67. The summed E-state index contributed by atoms with van der Waals surface area (Å²) in [5.74, 6) is 0.741. The van der Waals surface area contributed by atoms with Crippen LogP contribution in [-0.2, 0) is 9.59 Å². The van der Waals surface area contributed by atoms with Crippen molar-refractivity contribution >= 4 is 39.9 Å². The monoisotopic (exact) mass is 382 g/mol. The number of aromatic nitrogens is 2. The molecule has 1 aliphatic heterocycles. The first kappa shape index (κ1) is 17.7. The number of hydrogen-bond acceptors (Lipinski definition) is 4. The number of thiophene rings is 1. The number of nitrogens with one attached hydrogen (secondary N) is 2. The first-order valence-electron chi connectivity index (χ1n) is 9.30. The van der Waals surface area contributed by atoms with Crippen molar-refractivity contribution in [3.63, 3.8) is 0 Å². The maximum absolute atomic E-state index is 12.4. The van der Waals surface area contributed by atoms with Crippen LogP contribution in [0, 0.1) is 0 Å². The summed E-state index contributed by atoms with van der Waals surface area (Å²) in [6.07, 6.45) is 4.64. The Kier molecular flexibility index (Phi) is 5.20. The Balaban J connectivity index is 1.44. The number of aromatic amines is 1. The van der Waals surface area contributed by atoms with Gasteiger partial charge < -0.3 is 15.2 Å². The van der Waals surface area contributed by atoms with Gasteiger partial charge in [0, 0.05) is 18.7 Å². The highest BCUT2D eigenvalue weighted by Crippen LogP contribution is 2.26. The van der Waals surface area contributed by atoms with E-state index in [4.69, 9.17) is 0 Å². The molecule has 2 amide bonds. The van der Waals surface area contributed by atoms with Crippen molar-refractivity contribution in [3.05, 3.63) is 35.7 Å². The molecule has 1 aromatic carbocycles. The first-order chi connectivity index (χ1) is 13.2. The van der Waals surface area contributed by atoms with Gasteiger partial charge >= 0.3 is 0 Å². The highest BCUT2D eigenvalue weighted by molar-refractivity contribution is 7.13. The molecule has 3 heterocycles. The third-order valence-corrected chi connectivity index (χ3v) is 5.65. The Bertz CT molecular complexity index is 948. The molecule has 4 rings (SSSR count). The van der Waals surface area contributed by atoms with Crippen LogP contribution >= 0.6 is 11.3 Å². The predicted octanol–water partition coefficient (Wildman–Crippen LogP) is 4.02. The van der Waals surface area contributed by atoms with E-state index in [0.29, 0.717) is 18.7 Å². The third kappa shape index (κ3) is 4.19. The summed E-state index contributed by atoms with van der Waals surface area (Å²) >= 11 is 1.63. The zero-order valence-electron chi connectivity index (χ0n) is 15.0. The van der Waals surface area contributed by atoms with E-state index in [9.17, 15) is 9.59 Å². The zero-order chi connectivity index (χ0) is 18.6. The van der Waals surface area contributed by atoms with Gasteiger partial charge in [-0.1, -0.05) is 18.9 Å². The number of amides is 2. The average molecular weight is 382 g/mol. The van der Waals surface area contributed by atoms with Gasteiger partial charge in [-0.05, 0) is 42.5 Å². The number of likely N-dealkylation sites (tertiary alicyclic amines) is 1. The maximum Gasteiger partial charge on any atom is 0.243 e. The van der Waals surface area contributed by atoms with Crippen LogP contribution < -0.4 is 5.32 Å². The van der Waals surface area contributed by atoms with Crippen LogP contribution in [0.15, 0.2) is 35.7 Å². The molecule has 3 aromatic rings. The van der Waals surface area contributed by atoms with Crippen molar-refractivity contribution < 1.29 is 9.59 Å². The zero-order valence-corrected chi connectivity index (χ0v) is 15.8. The molecule has 0 bridgehead atoms. The summed E-state index contributed by atoms with van der Waals surface area (Å²) in [5, 5.41) is 4.92. The fraction of sp³-hybridized carbons (Fsp3) is 0.350. The minimum Gasteiger partial charge on any atom is -0.337 e. The van der Waals surface area contributed by atoms with Gasteiger partial charge in [-0.15, -0.1) is 11.3 Å². The molecular weight excluding hydrogens is 360 g/mol. The Labute approximate surface area is 161 Å². The number of carbonyl (C=O) groups is 2. The van der Waals surface area contributed by atoms with Crippen LogP contribution in [0.3, 0.4) is 0 Å². The van der Waals surface area contributed by atoms with Gasteiger partial charge in [0.25, 0.3) is 0 Å². The Morgan fingerprint density at radius 3 is 2.96 bits per heavy atom. The minimum absolute atomic E-state index is 0.0782. The molecule has 140 valence electrons. The second-order valence-electron chi connectivity index (χ2n) is 6.82. The van der Waals surface area contributed by atoms with Crippen LogP contribution in [0.5, 0.6) is 0 Å². The largest absolute Gasteiger partial charge is 0.337 e. The lowest BCUT2D eigenvalue weighted by Gasteiger charge is -2.24. The van der Waals surface area contributed by atoms with E-state index in [1.165, 1.54) is 0 Å². The fourth-order valence-corrected chi connectivity index (χ4v) is 4.04. The summed E-state index contributed by atoms with van der Waals surface area (Å²) in [4.78, 5) is 35.2. The predicted molar refractivity (Wildman–Crippen MR) is 108 cm³/mol. The topological polar surface area (TPSA) is 78.1 Å². The van der Waals surface area contributed by atoms with Gasteiger partial charge in [0.1, 0.15) is 5.82 Å². The summed E-state index contributed by atoms with van der Waals surface area (Å²) in [6.45, 7) is 0.774. The maximum atomic E-state index is 12.4. The first-order valence-corrected chi connectivity index (χ1v) is 10.2. The second kappa shape index (κ2) is 7.92. The molecule has 6 nitrogen and oxygen atoms in total. The molecule has 1 fully saturated rings. The number of benzene rings is 1. The standard InChI is InChI=1S/C20H22N4O2S/c25-18(13-24-10-4-2-1-3-7-19(24)26)21-14-8-9-15-16(12-14)23-20(22-15)17-6-5-11-27-17/h5-6,8-9,11-12H,1-4,7,10,13H2,(H,21,25)(H,22,23). The van der Waals surface area contributed by atoms with E-state index < -0.39 is 0 Å². The quantitative estimate of drug-likeness (QED) is 0.715. The fourth-order valence-electron chi connectivity index (χ4n) is 3.37. The Morgan fingerprint density at radius 1 is 1.22 bits per heavy atom. The van der Waals surface area contributed by atoms with Gasteiger partial charge in [0.15, 0.2) is 0 Å². The van der Waals surface area contributed by atoms with Gasteiger partial charge in [-0.25, -0.2) is 4.98 Å². The number of imidazole rings is 1. The molecular formula is C20H22N4O2S. The van der Waals surface area contributed by atoms with Crippen LogP contribution in [0.2, 0.25) is 0 Å². The van der Waals surface area contributed by atoms with Crippen molar-refractivity contribution in [2.75, 3.05) is 18.4 Å². The number of fused-ring (bicyclic) bond motifs is 1. The number of nitrogens with zero attached hydrogens (tertiary/aromatic N) is 2. The number of H-pyrrole nitrogens is 1. The number of rotatable bonds is 4. The molecule has 0 spiro atoms. The van der Waals surface area contributed by atoms with Gasteiger partial charge in [0.2, 0.25) is 11.8 Å². The molecule has 0 saturated carbocycles. The van der Waals surface area contributed by atoms with Crippen molar-refractivity contribution in [3.8, 4) is 10.7 Å². The molecule has 2 aromatic heterocycles. The van der Waals surface area contributed by atoms with E-state index in [1.807, 2.05) is 35.7 Å². The number of anilines is 1. The summed E-state index contributed by atoms with van der Waals surface area (Å²) < 4.78 is 0. The highest BCUT2D eigenvalue weighted by atomic mass is 32.1. The number of hydrogen-bond donors (Lipinski definition) is 2. The summed E-state index contributed by atoms with van der Waals surface area (Å²) in [7, 11) is 0. The highest BCUT2D eigenvalue weighted by Gasteiger charge is 2.18. The number of carbonyl (C=O) groups excluding carboxylic acids is 2. The molecule has 2 N–H and O–H groups in total. The van der Waals surface area contributed by atoms with Crippen molar-refractivity contribution in [1.29, 1.82) is 0 Å². The van der Waals surface area contributed by atoms with E-state index in [2.05, 4.69) is 15.3 Å². The lowest BCUT2D eigenvalue weighted by atomic mass is 10.1. The Morgan fingerprint density at radius 2 is 2.11 bits per heavy atom. The van der Waals surface area contributed by atoms with Crippen LogP contribution in [-0.4, -0.2) is 39.8 Å². The van der Waals surface area contributed by atoms with Gasteiger partial charge in [-0.2, -0.15) is 0 Å². The second-order valence-corrected chi connectivity index (χ2v) is 7.77. The molecule has 7 heteroatoms. The lowest BCUT2D eigenvalue weighted by Crippen LogP contribution is -2.39. The van der Waals surface area contributed by atoms with Crippen molar-refractivity contribution in [2.45, 2.75) is 32.1 Å². The molecule has 0 atom stereocenters. The SMILES string of the molecule is O=C(CN1CCCCCCC1=O)Nc1ccc2nc(-c3cccs3)[nH]c2c1. The van der Waals surface area contributed by atoms with Crippen LogP contribution in [0.1, 0.15) is 32.1 Å². The average Bonchev–Trinajstić information content (AvgIpc) is 3.30. The third-order valence-electron chi connectivity index (χ3n) is 4.78. The molecule has 1 aliphatic rings. The van der Waals surface area contributed by atoms with E-state index in [-0.39, 0.29) is 18.4 Å². The molecule has 1 saturated heterocycles. The molecule has 0 radical (unpaired) electrons. The minimum atomic E-state index is -0.165. The van der Waals surface area contributed by atoms with Gasteiger partial charge in [-0.3, -0.25) is 9.59 Å². The summed E-state index contributed by atoms with van der Waals surface area (Å²) in [6, 6.07) is 9.62. The molecule has 0 aliphatic carbocycles. The lowest BCUT2D eigenvalue weighted by molar-refractivity contribution is -0.135. The van der Waals surface area contributed by atoms with Crippen molar-refractivity contribution in [2.24, 2.45) is 0 Å². The van der Waals surface area contributed by atoms with Gasteiger partial charge in [0.05, 0.1) is 22.5 Å². The smallest absolute Gasteiger partial charge is 0.243 e.